The van der Waals surface area contributed by atoms with Crippen molar-refractivity contribution in [3.63, 3.8) is 0 Å². The van der Waals surface area contributed by atoms with Gasteiger partial charge >= 0.3 is 5.97 Å². The maximum atomic E-state index is 12.7. The molecule has 2 atom stereocenters. The molecule has 2 amide bonds. The normalized spacial score (nSPS) is 25.7. The number of aliphatic carboxylic acids is 1. The van der Waals surface area contributed by atoms with E-state index in [1.54, 1.807) is 17.0 Å². The lowest BCUT2D eigenvalue weighted by atomic mass is 9.91. The van der Waals surface area contributed by atoms with Gasteiger partial charge in [-0.05, 0) is 31.4 Å². The number of carbonyl (C=O) groups excluding carboxylic acids is 2. The fourth-order valence-corrected chi connectivity index (χ4v) is 3.68. The summed E-state index contributed by atoms with van der Waals surface area (Å²) in [5.41, 5.74) is -0.227. The highest BCUT2D eigenvalue weighted by Crippen LogP contribution is 2.25. The number of hydrogen-bond donors (Lipinski definition) is 2. The van der Waals surface area contributed by atoms with Crippen molar-refractivity contribution in [2.24, 2.45) is 5.92 Å². The van der Waals surface area contributed by atoms with Crippen LogP contribution in [0.25, 0.3) is 0 Å². The Hall–Kier alpha value is -2.41. The molecule has 2 heterocycles. The second-order valence-corrected chi connectivity index (χ2v) is 7.10. The summed E-state index contributed by atoms with van der Waals surface area (Å²) < 4.78 is 5.32. The maximum absolute atomic E-state index is 12.7. The van der Waals surface area contributed by atoms with Crippen LogP contribution in [0.2, 0.25) is 0 Å². The SMILES string of the molecule is O=C(O)CC1(NC(=O)C2CCCN(C(=O)c3ccccc3)C2)CCOC1. The van der Waals surface area contributed by atoms with Crippen molar-refractivity contribution >= 4 is 17.8 Å². The number of nitrogens with zero attached hydrogens (tertiary/aromatic N) is 1. The fraction of sp³-hybridized carbons (Fsp3) is 0.526. The molecule has 0 radical (unpaired) electrons. The lowest BCUT2D eigenvalue weighted by Crippen LogP contribution is -2.54. The minimum atomic E-state index is -0.958. The zero-order chi connectivity index (χ0) is 18.6. The van der Waals surface area contributed by atoms with Gasteiger partial charge < -0.3 is 20.1 Å². The second-order valence-electron chi connectivity index (χ2n) is 7.10. The number of benzene rings is 1. The quantitative estimate of drug-likeness (QED) is 0.825. The van der Waals surface area contributed by atoms with E-state index < -0.39 is 11.5 Å². The summed E-state index contributed by atoms with van der Waals surface area (Å²) in [6.45, 7) is 1.63. The Morgan fingerprint density at radius 3 is 2.69 bits per heavy atom. The molecule has 0 aliphatic carbocycles. The number of rotatable bonds is 5. The number of carboxylic acids is 1. The van der Waals surface area contributed by atoms with E-state index >= 15 is 0 Å². The lowest BCUT2D eigenvalue weighted by Gasteiger charge is -2.35. The first-order chi connectivity index (χ1) is 12.5. The number of amides is 2. The van der Waals surface area contributed by atoms with Gasteiger partial charge in [0.25, 0.3) is 5.91 Å². The van der Waals surface area contributed by atoms with E-state index in [4.69, 9.17) is 9.84 Å². The number of nitrogens with one attached hydrogen (secondary N) is 1. The molecule has 2 aliphatic rings. The monoisotopic (exact) mass is 360 g/mol. The van der Waals surface area contributed by atoms with Crippen LogP contribution in [0.5, 0.6) is 0 Å². The van der Waals surface area contributed by atoms with Gasteiger partial charge in [0.2, 0.25) is 5.91 Å². The van der Waals surface area contributed by atoms with Crippen LogP contribution in [0.15, 0.2) is 30.3 Å². The summed E-state index contributed by atoms with van der Waals surface area (Å²) in [5, 5.41) is 12.1. The maximum Gasteiger partial charge on any atom is 0.305 e. The summed E-state index contributed by atoms with van der Waals surface area (Å²) in [5.74, 6) is -1.56. The van der Waals surface area contributed by atoms with E-state index in [-0.39, 0.29) is 30.8 Å². The van der Waals surface area contributed by atoms with Gasteiger partial charge in [-0.25, -0.2) is 0 Å². The Morgan fingerprint density at radius 1 is 1.27 bits per heavy atom. The van der Waals surface area contributed by atoms with Crippen LogP contribution in [-0.4, -0.2) is 59.6 Å². The Balaban J connectivity index is 1.64. The van der Waals surface area contributed by atoms with Crippen LogP contribution < -0.4 is 5.32 Å². The van der Waals surface area contributed by atoms with Gasteiger partial charge in [0.1, 0.15) is 0 Å². The first-order valence-corrected chi connectivity index (χ1v) is 8.95. The topological polar surface area (TPSA) is 95.9 Å². The van der Waals surface area contributed by atoms with Gasteiger partial charge in [0.05, 0.1) is 24.5 Å². The third kappa shape index (κ3) is 4.22. The molecule has 2 saturated heterocycles. The molecule has 7 heteroatoms. The van der Waals surface area contributed by atoms with Gasteiger partial charge in [-0.15, -0.1) is 0 Å². The molecule has 0 bridgehead atoms. The molecule has 0 saturated carbocycles. The molecule has 140 valence electrons. The van der Waals surface area contributed by atoms with E-state index in [9.17, 15) is 14.4 Å². The smallest absolute Gasteiger partial charge is 0.305 e. The second kappa shape index (κ2) is 7.86. The Morgan fingerprint density at radius 2 is 2.04 bits per heavy atom. The largest absolute Gasteiger partial charge is 0.481 e. The van der Waals surface area contributed by atoms with Crippen molar-refractivity contribution in [2.75, 3.05) is 26.3 Å². The van der Waals surface area contributed by atoms with Crippen LogP contribution in [0.3, 0.4) is 0 Å². The van der Waals surface area contributed by atoms with Gasteiger partial charge in [-0.1, -0.05) is 18.2 Å². The molecule has 3 rings (SSSR count). The molecule has 2 fully saturated rings. The third-order valence-corrected chi connectivity index (χ3v) is 5.08. The first kappa shape index (κ1) is 18.4. The lowest BCUT2D eigenvalue weighted by molar-refractivity contribution is -0.139. The molecule has 0 aromatic heterocycles. The van der Waals surface area contributed by atoms with E-state index in [1.807, 2.05) is 18.2 Å². The molecular weight excluding hydrogens is 336 g/mol. The highest BCUT2D eigenvalue weighted by Gasteiger charge is 2.40. The molecule has 2 aliphatic heterocycles. The molecule has 26 heavy (non-hydrogen) atoms. The van der Waals surface area contributed by atoms with Crippen molar-refractivity contribution in [3.05, 3.63) is 35.9 Å². The van der Waals surface area contributed by atoms with Gasteiger partial charge in [0, 0.05) is 25.3 Å². The molecular formula is C19H24N2O5. The van der Waals surface area contributed by atoms with Crippen LogP contribution in [0.4, 0.5) is 0 Å². The van der Waals surface area contributed by atoms with Crippen molar-refractivity contribution in [1.29, 1.82) is 0 Å². The number of carboxylic acid groups (broad SMARTS) is 1. The molecule has 1 aromatic carbocycles. The van der Waals surface area contributed by atoms with Crippen LogP contribution in [0, 0.1) is 5.92 Å². The third-order valence-electron chi connectivity index (χ3n) is 5.08. The van der Waals surface area contributed by atoms with Crippen LogP contribution >= 0.6 is 0 Å². The Labute approximate surface area is 152 Å². The van der Waals surface area contributed by atoms with E-state index in [0.29, 0.717) is 38.1 Å². The Bertz CT molecular complexity index is 670. The van der Waals surface area contributed by atoms with Gasteiger partial charge in [0.15, 0.2) is 0 Å². The van der Waals surface area contributed by atoms with Gasteiger partial charge in [-0.2, -0.15) is 0 Å². The fourth-order valence-electron chi connectivity index (χ4n) is 3.68. The summed E-state index contributed by atoms with van der Waals surface area (Å²) in [6, 6.07) is 9.02. The summed E-state index contributed by atoms with van der Waals surface area (Å²) in [7, 11) is 0. The number of piperidine rings is 1. The summed E-state index contributed by atoms with van der Waals surface area (Å²) in [6.07, 6.45) is 1.77. The molecule has 2 unspecified atom stereocenters. The minimum Gasteiger partial charge on any atom is -0.481 e. The zero-order valence-corrected chi connectivity index (χ0v) is 14.6. The van der Waals surface area contributed by atoms with Crippen molar-refractivity contribution in [2.45, 2.75) is 31.2 Å². The highest BCUT2D eigenvalue weighted by atomic mass is 16.5. The average Bonchev–Trinajstić information content (AvgIpc) is 3.09. The van der Waals surface area contributed by atoms with Crippen LogP contribution in [0.1, 0.15) is 36.0 Å². The van der Waals surface area contributed by atoms with Crippen molar-refractivity contribution < 1.29 is 24.2 Å². The summed E-state index contributed by atoms with van der Waals surface area (Å²) >= 11 is 0. The number of likely N-dealkylation sites (tertiary alicyclic amines) is 1. The number of hydrogen-bond acceptors (Lipinski definition) is 4. The zero-order valence-electron chi connectivity index (χ0n) is 14.6. The van der Waals surface area contributed by atoms with Crippen molar-refractivity contribution in [3.8, 4) is 0 Å². The molecule has 0 spiro atoms. The van der Waals surface area contributed by atoms with Crippen LogP contribution in [-0.2, 0) is 14.3 Å². The predicted octanol–water partition coefficient (Wildman–Crippen LogP) is 1.29. The molecule has 1 aromatic rings. The predicted molar refractivity (Wildman–Crippen MR) is 93.6 cm³/mol. The Kier molecular flexibility index (Phi) is 5.56. The summed E-state index contributed by atoms with van der Waals surface area (Å²) in [4.78, 5) is 38.2. The highest BCUT2D eigenvalue weighted by molar-refractivity contribution is 5.94. The van der Waals surface area contributed by atoms with E-state index in [2.05, 4.69) is 5.32 Å². The number of carbonyl (C=O) groups is 3. The standard InChI is InChI=1S/C19H24N2O5/c22-16(23)11-19(8-10-26-13-19)20-17(24)15-7-4-9-21(12-15)18(25)14-5-2-1-3-6-14/h1-3,5-6,15H,4,7-13H2,(H,20,24)(H,22,23). The van der Waals surface area contributed by atoms with E-state index in [0.717, 1.165) is 6.42 Å². The molecule has 2 N–H and O–H groups in total. The minimum absolute atomic E-state index is 0.0763. The molecule has 7 nitrogen and oxygen atoms in total. The van der Waals surface area contributed by atoms with E-state index in [1.165, 1.54) is 0 Å². The van der Waals surface area contributed by atoms with Crippen molar-refractivity contribution in [1.82, 2.24) is 10.2 Å². The average molecular weight is 360 g/mol. The first-order valence-electron chi connectivity index (χ1n) is 8.95. The number of ether oxygens (including phenoxy) is 1. The van der Waals surface area contributed by atoms with Gasteiger partial charge in [-0.3, -0.25) is 14.4 Å².